The summed E-state index contributed by atoms with van der Waals surface area (Å²) in [6.07, 6.45) is 0. The highest BCUT2D eigenvalue weighted by Gasteiger charge is 2.25. The van der Waals surface area contributed by atoms with Gasteiger partial charge in [0.15, 0.2) is 0 Å². The summed E-state index contributed by atoms with van der Waals surface area (Å²) in [5.74, 6) is 0.715. The molecule has 9 heteroatoms. The zero-order valence-corrected chi connectivity index (χ0v) is 19.4. The number of hydrogen-bond acceptors (Lipinski definition) is 7. The molecule has 1 saturated heterocycles. The third-order valence-corrected chi connectivity index (χ3v) is 5.86. The van der Waals surface area contributed by atoms with Crippen molar-refractivity contribution >= 4 is 29.5 Å². The third-order valence-electron chi connectivity index (χ3n) is 5.86. The van der Waals surface area contributed by atoms with Crippen molar-refractivity contribution in [2.45, 2.75) is 6.92 Å². The normalized spacial score (nSPS) is 13.4. The first-order valence-electron chi connectivity index (χ1n) is 10.8. The van der Waals surface area contributed by atoms with Gasteiger partial charge in [-0.2, -0.15) is 4.98 Å². The number of hydrogen-bond donors (Lipinski definition) is 0. The Balaban J connectivity index is 0.00000274. The molecule has 8 nitrogen and oxygen atoms in total. The Labute approximate surface area is 203 Å². The summed E-state index contributed by atoms with van der Waals surface area (Å²) in [6.45, 7) is 4.99. The quantitative estimate of drug-likeness (QED) is 0.282. The fourth-order valence-electron chi connectivity index (χ4n) is 4.16. The zero-order chi connectivity index (χ0) is 22.8. The Hall–Kier alpha value is -3.91. The number of rotatable bonds is 5. The summed E-state index contributed by atoms with van der Waals surface area (Å²) in [7, 11) is 0. The maximum absolute atomic E-state index is 11.9. The summed E-state index contributed by atoms with van der Waals surface area (Å²) >= 11 is 0. The van der Waals surface area contributed by atoms with Crippen molar-refractivity contribution in [3.8, 4) is 22.8 Å². The molecule has 0 unspecified atom stereocenters. The second-order valence-electron chi connectivity index (χ2n) is 8.06. The maximum Gasteiger partial charge on any atom is 0.293 e. The van der Waals surface area contributed by atoms with E-state index in [4.69, 9.17) is 4.52 Å². The average Bonchev–Trinajstić information content (AvgIpc) is 3.35. The van der Waals surface area contributed by atoms with Crippen LogP contribution in [0.2, 0.25) is 0 Å². The number of nitrogens with zero attached hydrogens (tertiary/aromatic N) is 5. The van der Waals surface area contributed by atoms with E-state index in [0.717, 1.165) is 24.2 Å². The Bertz CT molecular complexity index is 1290. The molecule has 0 bridgehead atoms. The molecule has 4 aromatic rings. The highest BCUT2D eigenvalue weighted by molar-refractivity contribution is 5.85. The smallest absolute Gasteiger partial charge is 0.293 e. The van der Waals surface area contributed by atoms with Gasteiger partial charge in [-0.05, 0) is 37.3 Å². The Morgan fingerprint density at radius 1 is 0.882 bits per heavy atom. The van der Waals surface area contributed by atoms with Crippen LogP contribution in [0.25, 0.3) is 22.8 Å². The molecule has 0 atom stereocenters. The highest BCUT2D eigenvalue weighted by Crippen LogP contribution is 2.34. The first kappa shape index (κ1) is 23.3. The standard InChI is InChI=1S/C25H23N5O3.ClH/c1-18-6-5-7-19(16-18)24-26-25(33-27-24)20-10-11-22(23(17-20)30(31)32)29-14-12-28(13-15-29)21-8-3-2-4-9-21;/h2-11,16-17H,12-15H2,1H3;1H. The van der Waals surface area contributed by atoms with E-state index in [1.807, 2.05) is 49.4 Å². The number of benzene rings is 3. The van der Waals surface area contributed by atoms with Crippen molar-refractivity contribution in [1.29, 1.82) is 0 Å². The van der Waals surface area contributed by atoms with E-state index in [-0.39, 0.29) is 28.9 Å². The number of halogens is 1. The lowest BCUT2D eigenvalue weighted by molar-refractivity contribution is -0.384. The van der Waals surface area contributed by atoms with Crippen LogP contribution in [0.5, 0.6) is 0 Å². The Morgan fingerprint density at radius 3 is 2.32 bits per heavy atom. The molecule has 1 fully saturated rings. The van der Waals surface area contributed by atoms with Crippen LogP contribution < -0.4 is 9.80 Å². The summed E-state index contributed by atoms with van der Waals surface area (Å²) in [4.78, 5) is 20.4. The van der Waals surface area contributed by atoms with Crippen LogP contribution in [-0.4, -0.2) is 41.2 Å². The molecule has 0 saturated carbocycles. The van der Waals surface area contributed by atoms with Gasteiger partial charge in [0.25, 0.3) is 11.6 Å². The van der Waals surface area contributed by atoms with Gasteiger partial charge in [-0.3, -0.25) is 10.1 Å². The molecule has 1 aromatic heterocycles. The fraction of sp³-hybridized carbons (Fsp3) is 0.200. The van der Waals surface area contributed by atoms with Crippen LogP contribution in [0.1, 0.15) is 5.56 Å². The number of nitro groups is 1. The van der Waals surface area contributed by atoms with E-state index in [9.17, 15) is 10.1 Å². The van der Waals surface area contributed by atoms with Crippen molar-refractivity contribution < 1.29 is 9.45 Å². The number of piperazine rings is 1. The predicted octanol–water partition coefficient (Wildman–Crippen LogP) is 5.37. The van der Waals surface area contributed by atoms with Gasteiger partial charge in [0.05, 0.1) is 4.92 Å². The highest BCUT2D eigenvalue weighted by atomic mass is 35.5. The van der Waals surface area contributed by atoms with Crippen LogP contribution in [0.4, 0.5) is 17.1 Å². The van der Waals surface area contributed by atoms with Crippen molar-refractivity contribution in [3.63, 3.8) is 0 Å². The monoisotopic (exact) mass is 477 g/mol. The molecule has 0 amide bonds. The van der Waals surface area contributed by atoms with Gasteiger partial charge in [0, 0.05) is 49.1 Å². The molecule has 0 radical (unpaired) electrons. The minimum atomic E-state index is -0.347. The van der Waals surface area contributed by atoms with Crippen LogP contribution in [0.3, 0.4) is 0 Å². The van der Waals surface area contributed by atoms with Gasteiger partial charge < -0.3 is 14.3 Å². The molecule has 34 heavy (non-hydrogen) atoms. The summed E-state index contributed by atoms with van der Waals surface area (Å²) in [5, 5.41) is 16.0. The molecule has 5 rings (SSSR count). The van der Waals surface area contributed by atoms with E-state index in [1.165, 1.54) is 11.8 Å². The number of anilines is 2. The number of nitro benzene ring substituents is 1. The summed E-state index contributed by atoms with van der Waals surface area (Å²) < 4.78 is 5.42. The van der Waals surface area contributed by atoms with Crippen molar-refractivity contribution in [2.75, 3.05) is 36.0 Å². The van der Waals surface area contributed by atoms with Crippen molar-refractivity contribution in [3.05, 3.63) is 88.5 Å². The van der Waals surface area contributed by atoms with E-state index in [0.29, 0.717) is 30.2 Å². The molecule has 0 aliphatic carbocycles. The van der Waals surface area contributed by atoms with Gasteiger partial charge in [0.1, 0.15) is 5.69 Å². The van der Waals surface area contributed by atoms with E-state index in [1.54, 1.807) is 12.1 Å². The number of aromatic nitrogens is 2. The lowest BCUT2D eigenvalue weighted by Gasteiger charge is -2.37. The average molecular weight is 478 g/mol. The van der Waals surface area contributed by atoms with Crippen molar-refractivity contribution in [1.82, 2.24) is 10.1 Å². The van der Waals surface area contributed by atoms with Gasteiger partial charge >= 0.3 is 0 Å². The number of aryl methyl sites for hydroxylation is 1. The largest absolute Gasteiger partial charge is 0.368 e. The summed E-state index contributed by atoms with van der Waals surface area (Å²) in [6, 6.07) is 23.1. The van der Waals surface area contributed by atoms with Gasteiger partial charge in [-0.25, -0.2) is 0 Å². The van der Waals surface area contributed by atoms with Gasteiger partial charge in [-0.1, -0.05) is 47.1 Å². The zero-order valence-electron chi connectivity index (χ0n) is 18.6. The topological polar surface area (TPSA) is 88.5 Å². The SMILES string of the molecule is Cc1cccc(-c2noc(-c3ccc(N4CCN(c5ccccc5)CC4)c([N+](=O)[O-])c3)n2)c1.Cl. The van der Waals surface area contributed by atoms with Gasteiger partial charge in [0.2, 0.25) is 5.82 Å². The lowest BCUT2D eigenvalue weighted by Crippen LogP contribution is -2.46. The van der Waals surface area contributed by atoms with Crippen LogP contribution in [0, 0.1) is 17.0 Å². The van der Waals surface area contributed by atoms with E-state index >= 15 is 0 Å². The van der Waals surface area contributed by atoms with Crippen LogP contribution in [-0.2, 0) is 0 Å². The first-order chi connectivity index (χ1) is 16.1. The fourth-order valence-corrected chi connectivity index (χ4v) is 4.16. The number of para-hydroxylation sites is 1. The Morgan fingerprint density at radius 2 is 1.62 bits per heavy atom. The molecule has 0 N–H and O–H groups in total. The van der Waals surface area contributed by atoms with E-state index in [2.05, 4.69) is 32.1 Å². The molecule has 2 heterocycles. The van der Waals surface area contributed by atoms with Gasteiger partial charge in [-0.15, -0.1) is 12.4 Å². The van der Waals surface area contributed by atoms with E-state index < -0.39 is 0 Å². The molecule has 3 aromatic carbocycles. The van der Waals surface area contributed by atoms with Crippen LogP contribution in [0.15, 0.2) is 77.3 Å². The lowest BCUT2D eigenvalue weighted by atomic mass is 10.1. The molecular weight excluding hydrogens is 454 g/mol. The van der Waals surface area contributed by atoms with Crippen molar-refractivity contribution in [2.24, 2.45) is 0 Å². The first-order valence-corrected chi connectivity index (χ1v) is 10.8. The molecule has 174 valence electrons. The second-order valence-corrected chi connectivity index (χ2v) is 8.06. The molecular formula is C25H24ClN5O3. The molecule has 1 aliphatic heterocycles. The summed E-state index contributed by atoms with van der Waals surface area (Å²) in [5.41, 5.74) is 4.27. The molecule has 1 aliphatic rings. The predicted molar refractivity (Wildman–Crippen MR) is 135 cm³/mol. The van der Waals surface area contributed by atoms with Crippen LogP contribution >= 0.6 is 12.4 Å². The second kappa shape index (κ2) is 9.93. The maximum atomic E-state index is 11.9. The third kappa shape index (κ3) is 4.72. The molecule has 0 spiro atoms. The minimum Gasteiger partial charge on any atom is -0.368 e. The Kier molecular flexibility index (Phi) is 6.79. The minimum absolute atomic E-state index is 0.